The molecule has 0 saturated carbocycles. The quantitative estimate of drug-likeness (QED) is 0.506. The van der Waals surface area contributed by atoms with Gasteiger partial charge in [0.25, 0.3) is 5.56 Å². The molecule has 8 heteroatoms. The fraction of sp³-hybridized carbons (Fsp3) is 0.269. The molecule has 2 aromatic carbocycles. The zero-order valence-electron chi connectivity index (χ0n) is 18.7. The van der Waals surface area contributed by atoms with Crippen LogP contribution >= 0.6 is 22.9 Å². The number of nitrogens with zero attached hydrogens (tertiary/aromatic N) is 2. The summed E-state index contributed by atoms with van der Waals surface area (Å²) in [5.74, 6) is -0.233. The molecule has 1 saturated heterocycles. The molecule has 1 aliphatic rings. The van der Waals surface area contributed by atoms with E-state index >= 15 is 0 Å². The van der Waals surface area contributed by atoms with Crippen LogP contribution in [-0.4, -0.2) is 34.2 Å². The molecule has 4 rings (SSSR count). The Bertz CT molecular complexity index is 1370. The number of halogens is 2. The average Bonchev–Trinajstić information content (AvgIpc) is 3.10. The number of hydrogen-bond donors (Lipinski definition) is 0. The minimum atomic E-state index is -0.371. The van der Waals surface area contributed by atoms with Crippen LogP contribution in [0.4, 0.5) is 4.39 Å². The molecule has 1 aliphatic heterocycles. The van der Waals surface area contributed by atoms with Crippen LogP contribution in [0.3, 0.4) is 0 Å². The molecule has 0 N–H and O–H groups in total. The topological polar surface area (TPSA) is 59.4 Å². The van der Waals surface area contributed by atoms with Gasteiger partial charge in [-0.15, -0.1) is 11.3 Å². The van der Waals surface area contributed by atoms with Gasteiger partial charge in [-0.3, -0.25) is 19.0 Å². The Morgan fingerprint density at radius 2 is 1.74 bits per heavy atom. The molecule has 1 aromatic heterocycles. The van der Waals surface area contributed by atoms with Gasteiger partial charge in [0.2, 0.25) is 5.91 Å². The highest BCUT2D eigenvalue weighted by Gasteiger charge is 2.21. The summed E-state index contributed by atoms with van der Waals surface area (Å²) in [6.45, 7) is 3.35. The van der Waals surface area contributed by atoms with E-state index in [1.807, 2.05) is 0 Å². The van der Waals surface area contributed by atoms with E-state index in [1.165, 1.54) is 22.8 Å². The molecule has 176 valence electrons. The molecule has 0 atom stereocenters. The molecular formula is C26H24ClFN2O3S. The van der Waals surface area contributed by atoms with E-state index in [9.17, 15) is 18.8 Å². The normalized spacial score (nSPS) is 15.7. The van der Waals surface area contributed by atoms with E-state index in [-0.39, 0.29) is 29.6 Å². The Morgan fingerprint density at radius 1 is 1.09 bits per heavy atom. The highest BCUT2D eigenvalue weighted by Crippen LogP contribution is 2.16. The third-order valence-corrected chi connectivity index (χ3v) is 7.23. The molecule has 1 fully saturated rings. The predicted molar refractivity (Wildman–Crippen MR) is 133 cm³/mol. The zero-order valence-corrected chi connectivity index (χ0v) is 20.2. The van der Waals surface area contributed by atoms with Crippen LogP contribution in [0.5, 0.6) is 0 Å². The first-order valence-corrected chi connectivity index (χ1v) is 12.3. The fourth-order valence-corrected chi connectivity index (χ4v) is 4.97. The summed E-state index contributed by atoms with van der Waals surface area (Å²) in [5.41, 5.74) is 0.722. The van der Waals surface area contributed by atoms with Crippen molar-refractivity contribution >= 4 is 46.8 Å². The largest absolute Gasteiger partial charge is 0.341 e. The number of thiazole rings is 1. The highest BCUT2D eigenvalue weighted by atomic mass is 35.5. The maximum Gasteiger partial charge on any atom is 0.269 e. The zero-order chi connectivity index (χ0) is 24.2. The molecule has 1 amide bonds. The highest BCUT2D eigenvalue weighted by molar-refractivity contribution is 7.07. The summed E-state index contributed by atoms with van der Waals surface area (Å²) >= 11 is 7.05. The number of likely N-dealkylation sites (tertiary alicyclic amines) is 1. The second kappa shape index (κ2) is 10.5. The summed E-state index contributed by atoms with van der Waals surface area (Å²) in [5, 5.41) is 0.516. The van der Waals surface area contributed by atoms with Gasteiger partial charge in [-0.25, -0.2) is 4.39 Å². The third kappa shape index (κ3) is 5.72. The average molecular weight is 499 g/mol. The first-order valence-electron chi connectivity index (χ1n) is 11.1. The van der Waals surface area contributed by atoms with Crippen LogP contribution in [0.25, 0.3) is 12.2 Å². The van der Waals surface area contributed by atoms with Gasteiger partial charge in [-0.1, -0.05) is 30.7 Å². The molecule has 0 radical (unpaired) electrons. The van der Waals surface area contributed by atoms with E-state index in [0.717, 1.165) is 24.2 Å². The van der Waals surface area contributed by atoms with Gasteiger partial charge in [-0.2, -0.15) is 0 Å². The van der Waals surface area contributed by atoms with Gasteiger partial charge < -0.3 is 4.90 Å². The third-order valence-electron chi connectivity index (χ3n) is 5.92. The van der Waals surface area contributed by atoms with E-state index in [0.29, 0.717) is 44.4 Å². The Hall–Kier alpha value is -3.03. The molecule has 3 aromatic rings. The second-order valence-corrected chi connectivity index (χ2v) is 9.97. The van der Waals surface area contributed by atoms with Crippen molar-refractivity contribution in [3.63, 3.8) is 0 Å². The Labute approximate surface area is 205 Å². The van der Waals surface area contributed by atoms with Crippen LogP contribution in [0.2, 0.25) is 5.02 Å². The van der Waals surface area contributed by atoms with Gasteiger partial charge in [0.15, 0.2) is 5.78 Å². The molecule has 2 heterocycles. The van der Waals surface area contributed by atoms with Crippen LogP contribution in [0.1, 0.15) is 35.7 Å². The molecular weight excluding hydrogens is 475 g/mol. The SMILES string of the molecule is CC1CCN(C(=O)Cn2c(=CC(=O)c3ccc(Cl)cc3)sc(=Cc3ccc(F)cc3)c2=O)CC1. The number of amides is 1. The predicted octanol–water partition coefficient (Wildman–Crippen LogP) is 3.45. The van der Waals surface area contributed by atoms with Crippen molar-refractivity contribution in [3.8, 4) is 0 Å². The van der Waals surface area contributed by atoms with Crippen LogP contribution in [-0.2, 0) is 11.3 Å². The van der Waals surface area contributed by atoms with E-state index in [4.69, 9.17) is 11.6 Å². The first kappa shape index (κ1) is 24.1. The number of carbonyl (C=O) groups excluding carboxylic acids is 2. The maximum atomic E-state index is 13.3. The van der Waals surface area contributed by atoms with Crippen molar-refractivity contribution in [1.82, 2.24) is 9.47 Å². The van der Waals surface area contributed by atoms with Crippen molar-refractivity contribution in [2.45, 2.75) is 26.3 Å². The van der Waals surface area contributed by atoms with Gasteiger partial charge in [-0.05, 0) is 66.8 Å². The number of carbonyl (C=O) groups is 2. The van der Waals surface area contributed by atoms with Gasteiger partial charge >= 0.3 is 0 Å². The standard InChI is InChI=1S/C26H24ClFN2O3S/c1-17-10-12-29(13-11-17)24(32)16-30-25(15-22(31)19-4-6-20(27)7-5-19)34-23(26(30)33)14-18-2-8-21(28)9-3-18/h2-9,14-15,17H,10-13,16H2,1H3. The van der Waals surface area contributed by atoms with Crippen molar-refractivity contribution in [2.24, 2.45) is 5.92 Å². The lowest BCUT2D eigenvalue weighted by Crippen LogP contribution is -2.43. The van der Waals surface area contributed by atoms with Crippen molar-refractivity contribution < 1.29 is 14.0 Å². The summed E-state index contributed by atoms with van der Waals surface area (Å²) in [6, 6.07) is 12.2. The first-order chi connectivity index (χ1) is 16.3. The maximum absolute atomic E-state index is 13.3. The number of benzene rings is 2. The summed E-state index contributed by atoms with van der Waals surface area (Å²) in [4.78, 5) is 40.9. The molecule has 0 bridgehead atoms. The molecule has 0 spiro atoms. The lowest BCUT2D eigenvalue weighted by Gasteiger charge is -2.30. The summed E-state index contributed by atoms with van der Waals surface area (Å²) < 4.78 is 15.4. The second-order valence-electron chi connectivity index (χ2n) is 8.47. The Morgan fingerprint density at radius 3 is 2.38 bits per heavy atom. The Kier molecular flexibility index (Phi) is 7.44. The van der Waals surface area contributed by atoms with Gasteiger partial charge in [0, 0.05) is 29.8 Å². The van der Waals surface area contributed by atoms with Crippen LogP contribution in [0, 0.1) is 11.7 Å². The van der Waals surface area contributed by atoms with E-state index in [1.54, 1.807) is 47.4 Å². The van der Waals surface area contributed by atoms with Gasteiger partial charge in [0.1, 0.15) is 17.0 Å². The minimum absolute atomic E-state index is 0.138. The molecule has 0 aliphatic carbocycles. The van der Waals surface area contributed by atoms with E-state index in [2.05, 4.69) is 6.92 Å². The molecule has 5 nitrogen and oxygen atoms in total. The lowest BCUT2D eigenvalue weighted by molar-refractivity contribution is -0.133. The molecule has 34 heavy (non-hydrogen) atoms. The summed E-state index contributed by atoms with van der Waals surface area (Å²) in [7, 11) is 0. The lowest BCUT2D eigenvalue weighted by atomic mass is 9.99. The van der Waals surface area contributed by atoms with Crippen molar-refractivity contribution in [1.29, 1.82) is 0 Å². The monoisotopic (exact) mass is 498 g/mol. The Balaban J connectivity index is 1.74. The smallest absolute Gasteiger partial charge is 0.269 e. The molecule has 0 unspecified atom stereocenters. The van der Waals surface area contributed by atoms with Crippen molar-refractivity contribution in [2.75, 3.05) is 13.1 Å². The minimum Gasteiger partial charge on any atom is -0.341 e. The number of aromatic nitrogens is 1. The van der Waals surface area contributed by atoms with Crippen molar-refractivity contribution in [3.05, 3.63) is 90.0 Å². The number of ketones is 1. The van der Waals surface area contributed by atoms with E-state index < -0.39 is 0 Å². The van der Waals surface area contributed by atoms with Gasteiger partial charge in [0.05, 0.1) is 4.53 Å². The fourth-order valence-electron chi connectivity index (χ4n) is 3.81. The van der Waals surface area contributed by atoms with Crippen LogP contribution in [0.15, 0.2) is 53.3 Å². The number of rotatable bonds is 5. The summed E-state index contributed by atoms with van der Waals surface area (Å²) in [6.07, 6.45) is 4.88. The number of hydrogen-bond acceptors (Lipinski definition) is 4. The van der Waals surface area contributed by atoms with Crippen LogP contribution < -0.4 is 14.8 Å². The number of Topliss-reactive ketones (excluding diaryl/α,β-unsaturated/α-hetero) is 1. The number of piperidine rings is 1.